The van der Waals surface area contributed by atoms with Crippen LogP contribution in [0.5, 0.6) is 0 Å². The van der Waals surface area contributed by atoms with Crippen molar-refractivity contribution in [3.8, 4) is 0 Å². The SMILES string of the molecule is CC(O)CNCc1ccc(F)cc1F. The van der Waals surface area contributed by atoms with Crippen LogP contribution in [0.15, 0.2) is 18.2 Å². The van der Waals surface area contributed by atoms with E-state index in [1.54, 1.807) is 6.92 Å². The third kappa shape index (κ3) is 3.40. The highest BCUT2D eigenvalue weighted by atomic mass is 19.1. The second-order valence-electron chi connectivity index (χ2n) is 3.22. The Kier molecular flexibility index (Phi) is 3.98. The van der Waals surface area contributed by atoms with Gasteiger partial charge in [0.05, 0.1) is 6.10 Å². The zero-order valence-corrected chi connectivity index (χ0v) is 7.93. The van der Waals surface area contributed by atoms with Gasteiger partial charge in [-0.2, -0.15) is 0 Å². The normalized spacial score (nSPS) is 12.9. The summed E-state index contributed by atoms with van der Waals surface area (Å²) in [7, 11) is 0. The molecule has 0 amide bonds. The van der Waals surface area contributed by atoms with Gasteiger partial charge in [0.2, 0.25) is 0 Å². The minimum Gasteiger partial charge on any atom is -0.392 e. The van der Waals surface area contributed by atoms with E-state index >= 15 is 0 Å². The van der Waals surface area contributed by atoms with Gasteiger partial charge in [0, 0.05) is 24.7 Å². The fourth-order valence-electron chi connectivity index (χ4n) is 1.08. The molecule has 4 heteroatoms. The smallest absolute Gasteiger partial charge is 0.130 e. The lowest BCUT2D eigenvalue weighted by molar-refractivity contribution is 0.191. The molecule has 0 heterocycles. The van der Waals surface area contributed by atoms with Crippen molar-refractivity contribution in [1.29, 1.82) is 0 Å². The summed E-state index contributed by atoms with van der Waals surface area (Å²) in [5, 5.41) is 11.8. The molecule has 2 N–H and O–H groups in total. The topological polar surface area (TPSA) is 32.3 Å². The summed E-state index contributed by atoms with van der Waals surface area (Å²) >= 11 is 0. The van der Waals surface area contributed by atoms with E-state index in [9.17, 15) is 8.78 Å². The maximum Gasteiger partial charge on any atom is 0.130 e. The molecule has 0 fully saturated rings. The van der Waals surface area contributed by atoms with Crippen molar-refractivity contribution in [2.45, 2.75) is 19.6 Å². The van der Waals surface area contributed by atoms with Crippen LogP contribution in [-0.4, -0.2) is 17.8 Å². The Morgan fingerprint density at radius 1 is 1.43 bits per heavy atom. The number of rotatable bonds is 4. The van der Waals surface area contributed by atoms with E-state index in [1.807, 2.05) is 0 Å². The molecule has 1 aromatic carbocycles. The maximum atomic E-state index is 13.0. The van der Waals surface area contributed by atoms with Gasteiger partial charge in [-0.1, -0.05) is 6.07 Å². The molecule has 2 nitrogen and oxygen atoms in total. The van der Waals surface area contributed by atoms with Crippen molar-refractivity contribution < 1.29 is 13.9 Å². The van der Waals surface area contributed by atoms with Crippen LogP contribution in [-0.2, 0) is 6.54 Å². The van der Waals surface area contributed by atoms with Crippen molar-refractivity contribution >= 4 is 0 Å². The summed E-state index contributed by atoms with van der Waals surface area (Å²) in [4.78, 5) is 0. The Hall–Kier alpha value is -1.00. The van der Waals surface area contributed by atoms with Gasteiger partial charge < -0.3 is 10.4 Å². The number of aliphatic hydroxyl groups excluding tert-OH is 1. The minimum absolute atomic E-state index is 0.289. The first-order valence-electron chi connectivity index (χ1n) is 4.42. The first-order valence-corrected chi connectivity index (χ1v) is 4.42. The zero-order chi connectivity index (χ0) is 10.6. The van der Waals surface area contributed by atoms with Crippen LogP contribution in [0, 0.1) is 11.6 Å². The molecule has 0 aliphatic rings. The molecule has 0 spiro atoms. The minimum atomic E-state index is -0.582. The first kappa shape index (κ1) is 11.1. The predicted octanol–water partition coefficient (Wildman–Crippen LogP) is 1.44. The van der Waals surface area contributed by atoms with Gasteiger partial charge in [-0.25, -0.2) is 8.78 Å². The highest BCUT2D eigenvalue weighted by Gasteiger charge is 2.03. The Morgan fingerprint density at radius 2 is 2.14 bits per heavy atom. The van der Waals surface area contributed by atoms with Gasteiger partial charge in [-0.15, -0.1) is 0 Å². The van der Waals surface area contributed by atoms with E-state index in [0.717, 1.165) is 6.07 Å². The van der Waals surface area contributed by atoms with Crippen molar-refractivity contribution in [2.75, 3.05) is 6.54 Å². The molecule has 1 aromatic rings. The van der Waals surface area contributed by atoms with Crippen molar-refractivity contribution in [2.24, 2.45) is 0 Å². The highest BCUT2D eigenvalue weighted by molar-refractivity contribution is 5.18. The molecule has 78 valence electrons. The zero-order valence-electron chi connectivity index (χ0n) is 7.93. The van der Waals surface area contributed by atoms with E-state index in [-0.39, 0.29) is 6.54 Å². The number of nitrogens with one attached hydrogen (secondary N) is 1. The lowest BCUT2D eigenvalue weighted by Gasteiger charge is -2.07. The molecule has 1 atom stereocenters. The Bertz CT molecular complexity index is 302. The fourth-order valence-corrected chi connectivity index (χ4v) is 1.08. The summed E-state index contributed by atoms with van der Waals surface area (Å²) in [6.45, 7) is 2.31. The monoisotopic (exact) mass is 201 g/mol. The number of aliphatic hydroxyl groups is 1. The number of hydrogen-bond acceptors (Lipinski definition) is 2. The molecule has 0 aromatic heterocycles. The molecule has 0 aliphatic heterocycles. The summed E-state index contributed by atoms with van der Waals surface area (Å²) in [5.74, 6) is -1.15. The second kappa shape index (κ2) is 5.02. The van der Waals surface area contributed by atoms with Gasteiger partial charge >= 0.3 is 0 Å². The third-order valence-electron chi connectivity index (χ3n) is 1.77. The molecule has 0 radical (unpaired) electrons. The van der Waals surface area contributed by atoms with Crippen LogP contribution in [0.1, 0.15) is 12.5 Å². The number of hydrogen-bond donors (Lipinski definition) is 2. The molecule has 0 saturated carbocycles. The average molecular weight is 201 g/mol. The first-order chi connectivity index (χ1) is 6.59. The Labute approximate surface area is 81.6 Å². The van der Waals surface area contributed by atoms with Crippen LogP contribution in [0.2, 0.25) is 0 Å². The van der Waals surface area contributed by atoms with Gasteiger partial charge in [0.25, 0.3) is 0 Å². The van der Waals surface area contributed by atoms with Crippen LogP contribution < -0.4 is 5.32 Å². The summed E-state index contributed by atoms with van der Waals surface area (Å²) < 4.78 is 25.5. The standard InChI is InChI=1S/C10H13F2NO/c1-7(14)5-13-6-8-2-3-9(11)4-10(8)12/h2-4,7,13-14H,5-6H2,1H3. The quantitative estimate of drug-likeness (QED) is 0.772. The van der Waals surface area contributed by atoms with Crippen molar-refractivity contribution in [3.05, 3.63) is 35.4 Å². The largest absolute Gasteiger partial charge is 0.392 e. The van der Waals surface area contributed by atoms with Crippen LogP contribution in [0.25, 0.3) is 0 Å². The van der Waals surface area contributed by atoms with Gasteiger partial charge in [0.1, 0.15) is 11.6 Å². The molecule has 0 bridgehead atoms. The highest BCUT2D eigenvalue weighted by Crippen LogP contribution is 2.08. The third-order valence-corrected chi connectivity index (χ3v) is 1.77. The van der Waals surface area contributed by atoms with Crippen LogP contribution in [0.3, 0.4) is 0 Å². The van der Waals surface area contributed by atoms with E-state index in [1.165, 1.54) is 12.1 Å². The summed E-state index contributed by atoms with van der Waals surface area (Å²) in [5.41, 5.74) is 0.395. The molecule has 0 aliphatic carbocycles. The lowest BCUT2D eigenvalue weighted by Crippen LogP contribution is -2.24. The van der Waals surface area contributed by atoms with E-state index in [2.05, 4.69) is 5.32 Å². The molecule has 1 unspecified atom stereocenters. The van der Waals surface area contributed by atoms with Crippen LogP contribution in [0.4, 0.5) is 8.78 Å². The Balaban J connectivity index is 2.51. The molecular weight excluding hydrogens is 188 g/mol. The molecular formula is C10H13F2NO. The molecule has 0 saturated heterocycles. The van der Waals surface area contributed by atoms with E-state index < -0.39 is 17.7 Å². The van der Waals surface area contributed by atoms with E-state index in [4.69, 9.17) is 5.11 Å². The number of halogens is 2. The Morgan fingerprint density at radius 3 is 2.71 bits per heavy atom. The fraction of sp³-hybridized carbons (Fsp3) is 0.400. The summed E-state index contributed by atoms with van der Waals surface area (Å²) in [6, 6.07) is 3.45. The molecule has 14 heavy (non-hydrogen) atoms. The van der Waals surface area contributed by atoms with Gasteiger partial charge in [0.15, 0.2) is 0 Å². The predicted molar refractivity (Wildman–Crippen MR) is 49.7 cm³/mol. The van der Waals surface area contributed by atoms with Gasteiger partial charge in [-0.05, 0) is 13.0 Å². The van der Waals surface area contributed by atoms with Gasteiger partial charge in [-0.3, -0.25) is 0 Å². The van der Waals surface area contributed by atoms with Crippen LogP contribution >= 0.6 is 0 Å². The maximum absolute atomic E-state index is 13.0. The summed E-state index contributed by atoms with van der Waals surface area (Å²) in [6.07, 6.45) is -0.474. The molecule has 1 rings (SSSR count). The van der Waals surface area contributed by atoms with Crippen molar-refractivity contribution in [3.63, 3.8) is 0 Å². The van der Waals surface area contributed by atoms with E-state index in [0.29, 0.717) is 12.1 Å². The lowest BCUT2D eigenvalue weighted by atomic mass is 10.2. The number of benzene rings is 1. The second-order valence-corrected chi connectivity index (χ2v) is 3.22. The van der Waals surface area contributed by atoms with Crippen molar-refractivity contribution in [1.82, 2.24) is 5.32 Å². The average Bonchev–Trinajstić information content (AvgIpc) is 2.08.